The molecule has 1 N–H and O–H groups in total. The Balaban J connectivity index is 2.00. The fourth-order valence-corrected chi connectivity index (χ4v) is 6.38. The molecule has 2 atom stereocenters. The van der Waals surface area contributed by atoms with E-state index in [0.717, 1.165) is 13.1 Å². The number of benzene rings is 1. The van der Waals surface area contributed by atoms with Gasteiger partial charge in [0.2, 0.25) is 20.0 Å². The molecule has 28 heavy (non-hydrogen) atoms. The van der Waals surface area contributed by atoms with Gasteiger partial charge in [0.25, 0.3) is 0 Å². The smallest absolute Gasteiger partial charge is 0.243 e. The molecule has 2 rings (SSSR count). The lowest BCUT2D eigenvalue weighted by atomic mass is 9.92. The molecule has 1 fully saturated rings. The molecule has 1 aliphatic rings. The van der Waals surface area contributed by atoms with E-state index in [0.29, 0.717) is 38.0 Å². The number of hydrogen-bond acceptors (Lipinski definition) is 5. The van der Waals surface area contributed by atoms with E-state index in [9.17, 15) is 16.8 Å². The molecule has 0 spiro atoms. The summed E-state index contributed by atoms with van der Waals surface area (Å²) in [6.07, 6.45) is 1.21. The van der Waals surface area contributed by atoms with Gasteiger partial charge in [-0.25, -0.2) is 21.6 Å². The molecular formula is C19H33N3O4S2. The first-order valence-electron chi connectivity index (χ1n) is 9.92. The van der Waals surface area contributed by atoms with Crippen LogP contribution in [0, 0.1) is 11.8 Å². The van der Waals surface area contributed by atoms with Gasteiger partial charge in [-0.05, 0) is 42.5 Å². The van der Waals surface area contributed by atoms with Crippen molar-refractivity contribution in [2.45, 2.75) is 43.9 Å². The molecule has 9 heteroatoms. The lowest BCUT2D eigenvalue weighted by Gasteiger charge is -2.34. The van der Waals surface area contributed by atoms with E-state index < -0.39 is 20.0 Å². The summed E-state index contributed by atoms with van der Waals surface area (Å²) in [6.45, 7) is 11.7. The van der Waals surface area contributed by atoms with Gasteiger partial charge in [0.05, 0.1) is 9.79 Å². The summed E-state index contributed by atoms with van der Waals surface area (Å²) in [5, 5.41) is 0. The molecule has 0 saturated carbocycles. The van der Waals surface area contributed by atoms with E-state index in [1.807, 2.05) is 0 Å². The number of nitrogens with one attached hydrogen (secondary N) is 1. The molecule has 160 valence electrons. The van der Waals surface area contributed by atoms with Crippen molar-refractivity contribution in [3.05, 3.63) is 24.3 Å². The van der Waals surface area contributed by atoms with Crippen LogP contribution >= 0.6 is 0 Å². The van der Waals surface area contributed by atoms with Crippen LogP contribution in [0.1, 0.15) is 34.1 Å². The molecular weight excluding hydrogens is 398 g/mol. The zero-order chi connectivity index (χ0) is 20.9. The summed E-state index contributed by atoms with van der Waals surface area (Å²) in [5.41, 5.74) is 0. The zero-order valence-electron chi connectivity index (χ0n) is 17.3. The van der Waals surface area contributed by atoms with Crippen LogP contribution in [0.4, 0.5) is 0 Å². The number of hydrogen-bond donors (Lipinski definition) is 1. The van der Waals surface area contributed by atoms with Gasteiger partial charge in [-0.2, -0.15) is 4.31 Å². The van der Waals surface area contributed by atoms with Gasteiger partial charge in [0, 0.05) is 39.3 Å². The zero-order valence-corrected chi connectivity index (χ0v) is 18.9. The van der Waals surface area contributed by atoms with Gasteiger partial charge in [-0.3, -0.25) is 0 Å². The van der Waals surface area contributed by atoms with Crippen LogP contribution in [0.15, 0.2) is 34.1 Å². The third kappa shape index (κ3) is 5.76. The van der Waals surface area contributed by atoms with Gasteiger partial charge in [-0.1, -0.05) is 27.7 Å². The highest BCUT2D eigenvalue weighted by Crippen LogP contribution is 2.21. The third-order valence-electron chi connectivity index (χ3n) is 5.14. The predicted octanol–water partition coefficient (Wildman–Crippen LogP) is 1.97. The van der Waals surface area contributed by atoms with Gasteiger partial charge in [0.15, 0.2) is 0 Å². The van der Waals surface area contributed by atoms with Crippen molar-refractivity contribution in [3.8, 4) is 0 Å². The SMILES string of the molecule is CCN(CC)S(=O)(=O)c1ccc(S(=O)(=O)NCCN2CC(C)CC(C)C2)cc1. The van der Waals surface area contributed by atoms with Gasteiger partial charge in [0.1, 0.15) is 0 Å². The lowest BCUT2D eigenvalue weighted by Crippen LogP contribution is -2.42. The molecule has 1 aromatic rings. The Morgan fingerprint density at radius 1 is 0.964 bits per heavy atom. The highest BCUT2D eigenvalue weighted by Gasteiger charge is 2.24. The molecule has 1 aliphatic heterocycles. The monoisotopic (exact) mass is 431 g/mol. The van der Waals surface area contributed by atoms with Gasteiger partial charge in [-0.15, -0.1) is 0 Å². The fourth-order valence-electron chi connectivity index (χ4n) is 3.90. The maximum Gasteiger partial charge on any atom is 0.243 e. The maximum absolute atomic E-state index is 12.5. The van der Waals surface area contributed by atoms with Crippen LogP contribution < -0.4 is 4.72 Å². The minimum Gasteiger partial charge on any atom is -0.302 e. The van der Waals surface area contributed by atoms with Crippen LogP contribution in [-0.4, -0.2) is 65.3 Å². The van der Waals surface area contributed by atoms with Crippen molar-refractivity contribution in [1.29, 1.82) is 0 Å². The first kappa shape index (κ1) is 23.3. The molecule has 1 heterocycles. The van der Waals surface area contributed by atoms with Crippen LogP contribution in [0.2, 0.25) is 0 Å². The topological polar surface area (TPSA) is 86.8 Å². The highest BCUT2D eigenvalue weighted by molar-refractivity contribution is 7.89. The second kappa shape index (κ2) is 9.67. The van der Waals surface area contributed by atoms with Crippen LogP contribution in [-0.2, 0) is 20.0 Å². The Bertz CT molecular complexity index is 824. The van der Waals surface area contributed by atoms with Crippen LogP contribution in [0.5, 0.6) is 0 Å². The van der Waals surface area contributed by atoms with E-state index in [1.54, 1.807) is 13.8 Å². The van der Waals surface area contributed by atoms with Crippen LogP contribution in [0.25, 0.3) is 0 Å². The molecule has 0 aromatic heterocycles. The average Bonchev–Trinajstić information content (AvgIpc) is 2.61. The Kier molecular flexibility index (Phi) is 8.04. The summed E-state index contributed by atoms with van der Waals surface area (Å²) in [5.74, 6) is 1.25. The number of rotatable bonds is 9. The highest BCUT2D eigenvalue weighted by atomic mass is 32.2. The molecule has 0 amide bonds. The fraction of sp³-hybridized carbons (Fsp3) is 0.684. The third-order valence-corrected chi connectivity index (χ3v) is 8.68. The number of likely N-dealkylation sites (tertiary alicyclic amines) is 1. The molecule has 0 bridgehead atoms. The van der Waals surface area contributed by atoms with E-state index in [-0.39, 0.29) is 9.79 Å². The first-order valence-corrected chi connectivity index (χ1v) is 12.8. The minimum absolute atomic E-state index is 0.0753. The Morgan fingerprint density at radius 2 is 1.46 bits per heavy atom. The summed E-state index contributed by atoms with van der Waals surface area (Å²) < 4.78 is 54.0. The summed E-state index contributed by atoms with van der Waals surface area (Å²) in [7, 11) is -7.26. The second-order valence-corrected chi connectivity index (χ2v) is 11.4. The maximum atomic E-state index is 12.5. The summed E-state index contributed by atoms with van der Waals surface area (Å²) in [4.78, 5) is 2.47. The molecule has 1 aromatic carbocycles. The quantitative estimate of drug-likeness (QED) is 0.646. The normalized spacial score (nSPS) is 21.9. The minimum atomic E-state index is -3.67. The van der Waals surface area contributed by atoms with Crippen molar-refractivity contribution in [1.82, 2.24) is 13.9 Å². The molecule has 0 aliphatic carbocycles. The van der Waals surface area contributed by atoms with E-state index in [2.05, 4.69) is 23.5 Å². The molecule has 7 nitrogen and oxygen atoms in total. The molecule has 1 saturated heterocycles. The van der Waals surface area contributed by atoms with E-state index >= 15 is 0 Å². The van der Waals surface area contributed by atoms with E-state index in [1.165, 1.54) is 35.0 Å². The Morgan fingerprint density at radius 3 is 1.96 bits per heavy atom. The Labute approximate surface area is 170 Å². The molecule has 2 unspecified atom stereocenters. The summed E-state index contributed by atoms with van der Waals surface area (Å²) in [6, 6.07) is 5.42. The van der Waals surface area contributed by atoms with Crippen molar-refractivity contribution in [2.75, 3.05) is 39.3 Å². The first-order chi connectivity index (χ1) is 13.1. The van der Waals surface area contributed by atoms with Gasteiger partial charge < -0.3 is 4.90 Å². The lowest BCUT2D eigenvalue weighted by molar-refractivity contribution is 0.143. The number of piperidine rings is 1. The number of sulfonamides is 2. The van der Waals surface area contributed by atoms with Gasteiger partial charge >= 0.3 is 0 Å². The standard InChI is InChI=1S/C19H33N3O4S2/c1-5-22(6-2)28(25,26)19-9-7-18(8-10-19)27(23,24)20-11-12-21-14-16(3)13-17(4)15-21/h7-10,16-17,20H,5-6,11-15H2,1-4H3. The number of nitrogens with zero attached hydrogens (tertiary/aromatic N) is 2. The Hall–Kier alpha value is -1.00. The average molecular weight is 432 g/mol. The van der Waals surface area contributed by atoms with Crippen molar-refractivity contribution in [3.63, 3.8) is 0 Å². The van der Waals surface area contributed by atoms with Crippen LogP contribution in [0.3, 0.4) is 0 Å². The van der Waals surface area contributed by atoms with E-state index in [4.69, 9.17) is 0 Å². The largest absolute Gasteiger partial charge is 0.302 e. The van der Waals surface area contributed by atoms with Crippen molar-refractivity contribution >= 4 is 20.0 Å². The second-order valence-electron chi connectivity index (χ2n) is 7.66. The van der Waals surface area contributed by atoms with Crippen molar-refractivity contribution < 1.29 is 16.8 Å². The molecule has 0 radical (unpaired) electrons. The summed E-state index contributed by atoms with van der Waals surface area (Å²) >= 11 is 0. The predicted molar refractivity (Wildman–Crippen MR) is 111 cm³/mol. The van der Waals surface area contributed by atoms with Crippen molar-refractivity contribution in [2.24, 2.45) is 11.8 Å².